The molecule has 3 rings (SSSR count). The minimum atomic E-state index is -0.103. The summed E-state index contributed by atoms with van der Waals surface area (Å²) in [6.45, 7) is 2.49. The van der Waals surface area contributed by atoms with Gasteiger partial charge in [-0.05, 0) is 48.9 Å². The van der Waals surface area contributed by atoms with Gasteiger partial charge in [-0.1, -0.05) is 12.1 Å². The molecule has 0 aliphatic carbocycles. The standard InChI is InChI=1S/C17H17NO3/c1-12(18-10-13-6-8-14(19)9-7-13)17-11-20-15-4-2-3-5-16(15)21-17/h2-10,12,17,19H,11H2,1H3/t12-,17-/m0/s1. The number of rotatable bonds is 3. The van der Waals surface area contributed by atoms with Gasteiger partial charge in [0, 0.05) is 6.21 Å². The van der Waals surface area contributed by atoms with Crippen molar-refractivity contribution in [2.24, 2.45) is 4.99 Å². The van der Waals surface area contributed by atoms with Gasteiger partial charge in [0.25, 0.3) is 0 Å². The first-order chi connectivity index (χ1) is 10.2. The average Bonchev–Trinajstić information content (AvgIpc) is 2.53. The minimum Gasteiger partial charge on any atom is -0.508 e. The van der Waals surface area contributed by atoms with Crippen molar-refractivity contribution >= 4 is 6.21 Å². The first-order valence-corrected chi connectivity index (χ1v) is 6.93. The number of phenolic OH excluding ortho intramolecular Hbond substituents is 1. The van der Waals surface area contributed by atoms with E-state index in [1.165, 1.54) is 0 Å². The van der Waals surface area contributed by atoms with Crippen molar-refractivity contribution in [2.75, 3.05) is 6.61 Å². The minimum absolute atomic E-state index is 0.0211. The Hall–Kier alpha value is -2.49. The summed E-state index contributed by atoms with van der Waals surface area (Å²) in [6.07, 6.45) is 1.68. The van der Waals surface area contributed by atoms with Crippen LogP contribution < -0.4 is 9.47 Å². The summed E-state index contributed by atoms with van der Waals surface area (Å²) >= 11 is 0. The van der Waals surface area contributed by atoms with Gasteiger partial charge in [-0.15, -0.1) is 0 Å². The van der Waals surface area contributed by atoms with Crippen LogP contribution in [0.4, 0.5) is 0 Å². The van der Waals surface area contributed by atoms with E-state index in [9.17, 15) is 5.11 Å². The lowest BCUT2D eigenvalue weighted by Crippen LogP contribution is -2.37. The fourth-order valence-electron chi connectivity index (χ4n) is 2.13. The second-order valence-electron chi connectivity index (χ2n) is 5.02. The monoisotopic (exact) mass is 283 g/mol. The molecule has 1 N–H and O–H groups in total. The molecular weight excluding hydrogens is 266 g/mol. The summed E-state index contributed by atoms with van der Waals surface area (Å²) < 4.78 is 11.6. The maximum Gasteiger partial charge on any atom is 0.161 e. The molecular formula is C17H17NO3. The van der Waals surface area contributed by atoms with Gasteiger partial charge in [-0.3, -0.25) is 4.99 Å². The van der Waals surface area contributed by atoms with Crippen LogP contribution in [0.15, 0.2) is 53.5 Å². The highest BCUT2D eigenvalue weighted by Gasteiger charge is 2.25. The Morgan fingerprint density at radius 3 is 2.62 bits per heavy atom. The van der Waals surface area contributed by atoms with Crippen LogP contribution in [0.1, 0.15) is 12.5 Å². The third-order valence-electron chi connectivity index (χ3n) is 3.42. The number of benzene rings is 2. The van der Waals surface area contributed by atoms with Crippen LogP contribution in [0, 0.1) is 0 Å². The third-order valence-corrected chi connectivity index (χ3v) is 3.42. The van der Waals surface area contributed by atoms with E-state index in [2.05, 4.69) is 4.99 Å². The molecule has 0 amide bonds. The Balaban J connectivity index is 1.66. The zero-order valence-corrected chi connectivity index (χ0v) is 11.8. The van der Waals surface area contributed by atoms with E-state index in [1.54, 1.807) is 18.3 Å². The van der Waals surface area contributed by atoms with Crippen molar-refractivity contribution < 1.29 is 14.6 Å². The Morgan fingerprint density at radius 1 is 1.14 bits per heavy atom. The summed E-state index contributed by atoms with van der Waals surface area (Å²) in [4.78, 5) is 4.51. The van der Waals surface area contributed by atoms with Gasteiger partial charge in [-0.25, -0.2) is 0 Å². The number of fused-ring (bicyclic) bond motifs is 1. The summed E-state index contributed by atoms with van der Waals surface area (Å²) in [7, 11) is 0. The lowest BCUT2D eigenvalue weighted by atomic mass is 10.1. The van der Waals surface area contributed by atoms with E-state index in [0.717, 1.165) is 17.1 Å². The molecule has 0 aromatic heterocycles. The second kappa shape index (κ2) is 5.87. The third kappa shape index (κ3) is 3.16. The van der Waals surface area contributed by atoms with Gasteiger partial charge < -0.3 is 14.6 Å². The maximum atomic E-state index is 9.25. The number of ether oxygens (including phenoxy) is 2. The predicted octanol–water partition coefficient (Wildman–Crippen LogP) is 3.04. The second-order valence-corrected chi connectivity index (χ2v) is 5.02. The summed E-state index contributed by atoms with van der Waals surface area (Å²) in [5.74, 6) is 1.80. The number of hydrogen-bond acceptors (Lipinski definition) is 4. The smallest absolute Gasteiger partial charge is 0.161 e. The highest BCUT2D eigenvalue weighted by atomic mass is 16.6. The van der Waals surface area contributed by atoms with E-state index in [0.29, 0.717) is 6.61 Å². The molecule has 2 atom stereocenters. The molecule has 0 saturated heterocycles. The van der Waals surface area contributed by atoms with Crippen molar-refractivity contribution in [3.63, 3.8) is 0 Å². The Labute approximate surface area is 123 Å². The largest absolute Gasteiger partial charge is 0.508 e. The number of phenols is 1. The van der Waals surface area contributed by atoms with E-state index in [1.807, 2.05) is 43.3 Å². The molecule has 0 fully saturated rings. The molecule has 1 aliphatic heterocycles. The fraction of sp³-hybridized carbons (Fsp3) is 0.235. The molecule has 4 nitrogen and oxygen atoms in total. The fourth-order valence-corrected chi connectivity index (χ4v) is 2.13. The molecule has 4 heteroatoms. The van der Waals surface area contributed by atoms with E-state index < -0.39 is 0 Å². The van der Waals surface area contributed by atoms with Crippen molar-refractivity contribution in [2.45, 2.75) is 19.1 Å². The molecule has 0 spiro atoms. The number of para-hydroxylation sites is 2. The van der Waals surface area contributed by atoms with Crippen LogP contribution >= 0.6 is 0 Å². The number of nitrogens with zero attached hydrogens (tertiary/aromatic N) is 1. The van der Waals surface area contributed by atoms with Crippen LogP contribution in [0.25, 0.3) is 0 Å². The number of aliphatic imine (C=N–C) groups is 1. The van der Waals surface area contributed by atoms with Crippen LogP contribution in [-0.2, 0) is 0 Å². The van der Waals surface area contributed by atoms with Gasteiger partial charge in [0.05, 0.1) is 6.04 Å². The zero-order chi connectivity index (χ0) is 14.7. The van der Waals surface area contributed by atoms with E-state index in [-0.39, 0.29) is 17.9 Å². The molecule has 0 unspecified atom stereocenters. The normalized spacial score (nSPS) is 18.6. The molecule has 2 aromatic rings. The Kier molecular flexibility index (Phi) is 3.77. The molecule has 0 bridgehead atoms. The molecule has 1 aliphatic rings. The Bertz CT molecular complexity index is 637. The highest BCUT2D eigenvalue weighted by Crippen LogP contribution is 2.31. The highest BCUT2D eigenvalue weighted by molar-refractivity contribution is 5.79. The summed E-state index contributed by atoms with van der Waals surface area (Å²) in [6, 6.07) is 14.5. The molecule has 108 valence electrons. The van der Waals surface area contributed by atoms with E-state index >= 15 is 0 Å². The van der Waals surface area contributed by atoms with Crippen molar-refractivity contribution in [3.05, 3.63) is 54.1 Å². The first kappa shape index (κ1) is 13.5. The van der Waals surface area contributed by atoms with Gasteiger partial charge in [0.2, 0.25) is 0 Å². The van der Waals surface area contributed by atoms with Gasteiger partial charge in [0.1, 0.15) is 12.4 Å². The van der Waals surface area contributed by atoms with E-state index in [4.69, 9.17) is 9.47 Å². The quantitative estimate of drug-likeness (QED) is 0.881. The molecule has 1 heterocycles. The van der Waals surface area contributed by atoms with Crippen LogP contribution in [0.3, 0.4) is 0 Å². The van der Waals surface area contributed by atoms with Gasteiger partial charge in [-0.2, -0.15) is 0 Å². The molecule has 0 radical (unpaired) electrons. The number of aromatic hydroxyl groups is 1. The lowest BCUT2D eigenvalue weighted by molar-refractivity contribution is 0.0771. The SMILES string of the molecule is C[C@H](N=Cc1ccc(O)cc1)[C@@H]1COc2ccccc2O1. The molecule has 0 saturated carbocycles. The number of hydrogen-bond donors (Lipinski definition) is 1. The van der Waals surface area contributed by atoms with Crippen LogP contribution in [0.2, 0.25) is 0 Å². The first-order valence-electron chi connectivity index (χ1n) is 6.93. The average molecular weight is 283 g/mol. The Morgan fingerprint density at radius 2 is 1.86 bits per heavy atom. The topological polar surface area (TPSA) is 51.1 Å². The van der Waals surface area contributed by atoms with Crippen molar-refractivity contribution in [1.82, 2.24) is 0 Å². The van der Waals surface area contributed by atoms with Gasteiger partial charge >= 0.3 is 0 Å². The summed E-state index contributed by atoms with van der Waals surface area (Å²) in [5, 5.41) is 9.25. The zero-order valence-electron chi connectivity index (χ0n) is 11.8. The molecule has 21 heavy (non-hydrogen) atoms. The lowest BCUT2D eigenvalue weighted by Gasteiger charge is -2.28. The molecule has 2 aromatic carbocycles. The maximum absolute atomic E-state index is 9.25. The van der Waals surface area contributed by atoms with Crippen LogP contribution in [0.5, 0.6) is 17.2 Å². The predicted molar refractivity (Wildman–Crippen MR) is 81.5 cm³/mol. The van der Waals surface area contributed by atoms with Crippen LogP contribution in [-0.4, -0.2) is 30.1 Å². The summed E-state index contributed by atoms with van der Waals surface area (Å²) in [5.41, 5.74) is 0.941. The van der Waals surface area contributed by atoms with Gasteiger partial charge in [0.15, 0.2) is 17.6 Å². The van der Waals surface area contributed by atoms with Crippen molar-refractivity contribution in [3.8, 4) is 17.2 Å². The van der Waals surface area contributed by atoms with Crippen molar-refractivity contribution in [1.29, 1.82) is 0 Å².